The molecule has 29 heavy (non-hydrogen) atoms. The monoisotopic (exact) mass is 408 g/mol. The molecule has 0 aliphatic carbocycles. The summed E-state index contributed by atoms with van der Waals surface area (Å²) < 4.78 is 1.31. The Labute approximate surface area is 173 Å². The van der Waals surface area contributed by atoms with E-state index in [-0.39, 0.29) is 10.9 Å². The highest BCUT2D eigenvalue weighted by atomic mass is 35.5. The minimum absolute atomic E-state index is 0.0254. The number of aromatic nitrogens is 2. The molecule has 7 heteroatoms. The lowest BCUT2D eigenvalue weighted by Crippen LogP contribution is -2.41. The quantitative estimate of drug-likeness (QED) is 0.703. The molecule has 3 aromatic rings. The van der Waals surface area contributed by atoms with Crippen molar-refractivity contribution in [1.82, 2.24) is 9.78 Å². The molecule has 1 aromatic heterocycles. The van der Waals surface area contributed by atoms with E-state index < -0.39 is 11.6 Å². The second kappa shape index (κ2) is 8.09. The number of para-hydroxylation sites is 1. The molecule has 0 bridgehead atoms. The largest absolute Gasteiger partial charge is 0.371 e. The van der Waals surface area contributed by atoms with Gasteiger partial charge in [0.1, 0.15) is 11.1 Å². The van der Waals surface area contributed by atoms with Crippen LogP contribution >= 0.6 is 11.6 Å². The molecular weight excluding hydrogens is 388 g/mol. The number of benzene rings is 2. The van der Waals surface area contributed by atoms with E-state index in [9.17, 15) is 9.59 Å². The summed E-state index contributed by atoms with van der Waals surface area (Å²) in [6, 6.07) is 16.9. The third-order valence-electron chi connectivity index (χ3n) is 5.06. The number of halogens is 1. The fraction of sp³-hybridized carbons (Fsp3) is 0.227. The molecule has 1 N–H and O–H groups in total. The lowest BCUT2D eigenvalue weighted by Gasteiger charge is -2.23. The van der Waals surface area contributed by atoms with Gasteiger partial charge in [-0.3, -0.25) is 9.59 Å². The fourth-order valence-electron chi connectivity index (χ4n) is 3.53. The maximum Gasteiger partial charge on any atom is 0.287 e. The Balaban J connectivity index is 1.50. The van der Waals surface area contributed by atoms with Crippen LogP contribution in [0.4, 0.5) is 11.4 Å². The normalized spacial score (nSPS) is 13.8. The van der Waals surface area contributed by atoms with E-state index in [0.29, 0.717) is 18.8 Å². The molecule has 1 amide bonds. The van der Waals surface area contributed by atoms with Crippen molar-refractivity contribution in [2.24, 2.45) is 0 Å². The molecule has 148 valence electrons. The van der Waals surface area contributed by atoms with Crippen LogP contribution in [0.2, 0.25) is 5.02 Å². The molecule has 0 spiro atoms. The second-order valence-electron chi connectivity index (χ2n) is 7.06. The topological polar surface area (TPSA) is 67.2 Å². The van der Waals surface area contributed by atoms with E-state index in [1.54, 1.807) is 11.8 Å². The van der Waals surface area contributed by atoms with Crippen LogP contribution in [0.1, 0.15) is 18.1 Å². The highest BCUT2D eigenvalue weighted by molar-refractivity contribution is 6.33. The Kier molecular flexibility index (Phi) is 5.36. The smallest absolute Gasteiger partial charge is 0.287 e. The van der Waals surface area contributed by atoms with Crippen molar-refractivity contribution in [3.63, 3.8) is 0 Å². The number of hydrogen-bond donors (Lipinski definition) is 1. The average molecular weight is 409 g/mol. The molecule has 0 saturated carbocycles. The van der Waals surface area contributed by atoms with E-state index in [0.717, 1.165) is 23.2 Å². The SMILES string of the molecule is CC(Nc1cnn(Cc2ccccc2)c(=O)c1Cl)C(=O)N1CCc2ccccc21. The van der Waals surface area contributed by atoms with E-state index in [2.05, 4.69) is 10.4 Å². The van der Waals surface area contributed by atoms with Gasteiger partial charge < -0.3 is 10.2 Å². The first-order chi connectivity index (χ1) is 14.0. The second-order valence-corrected chi connectivity index (χ2v) is 7.43. The van der Waals surface area contributed by atoms with Gasteiger partial charge in [-0.25, -0.2) is 4.68 Å². The highest BCUT2D eigenvalue weighted by Gasteiger charge is 2.28. The van der Waals surface area contributed by atoms with E-state index in [1.807, 2.05) is 54.6 Å². The van der Waals surface area contributed by atoms with Crippen molar-refractivity contribution in [3.05, 3.63) is 87.3 Å². The summed E-state index contributed by atoms with van der Waals surface area (Å²) in [6.45, 7) is 2.74. The van der Waals surface area contributed by atoms with Crippen LogP contribution in [0.5, 0.6) is 0 Å². The number of amides is 1. The Bertz CT molecular complexity index is 1100. The zero-order valence-corrected chi connectivity index (χ0v) is 16.8. The molecule has 0 fully saturated rings. The Morgan fingerprint density at radius 2 is 1.90 bits per heavy atom. The summed E-state index contributed by atoms with van der Waals surface area (Å²) in [6.07, 6.45) is 2.33. The molecule has 1 aliphatic heterocycles. The van der Waals surface area contributed by atoms with Crippen molar-refractivity contribution in [1.29, 1.82) is 0 Å². The number of carbonyl (C=O) groups excluding carboxylic acids is 1. The Morgan fingerprint density at radius 3 is 2.69 bits per heavy atom. The zero-order valence-electron chi connectivity index (χ0n) is 16.0. The minimum atomic E-state index is -0.551. The van der Waals surface area contributed by atoms with Crippen molar-refractivity contribution in [2.75, 3.05) is 16.8 Å². The van der Waals surface area contributed by atoms with Crippen LogP contribution in [-0.2, 0) is 17.8 Å². The number of anilines is 2. The first kappa shape index (κ1) is 19.2. The van der Waals surface area contributed by atoms with Crippen molar-refractivity contribution < 1.29 is 4.79 Å². The van der Waals surface area contributed by atoms with Crippen LogP contribution in [0.3, 0.4) is 0 Å². The van der Waals surface area contributed by atoms with Crippen LogP contribution in [-0.4, -0.2) is 28.3 Å². The van der Waals surface area contributed by atoms with Gasteiger partial charge in [-0.05, 0) is 30.5 Å². The molecule has 1 unspecified atom stereocenters. The van der Waals surface area contributed by atoms with Crippen molar-refractivity contribution in [2.45, 2.75) is 25.9 Å². The molecule has 0 radical (unpaired) electrons. The predicted molar refractivity (Wildman–Crippen MR) is 115 cm³/mol. The Hall–Kier alpha value is -3.12. The van der Waals surface area contributed by atoms with Gasteiger partial charge in [0.25, 0.3) is 5.56 Å². The molecule has 2 heterocycles. The number of carbonyl (C=O) groups is 1. The fourth-order valence-corrected chi connectivity index (χ4v) is 3.73. The van der Waals surface area contributed by atoms with Gasteiger partial charge in [0.05, 0.1) is 18.4 Å². The lowest BCUT2D eigenvalue weighted by atomic mass is 10.2. The standard InChI is InChI=1S/C22H21ClN4O2/c1-15(21(28)26-12-11-17-9-5-6-10-19(17)26)25-18-13-24-27(22(29)20(18)23)14-16-7-3-2-4-8-16/h2-10,13,15,25H,11-12,14H2,1H3. The number of rotatable bonds is 5. The van der Waals surface area contributed by atoms with Gasteiger partial charge in [0.15, 0.2) is 0 Å². The summed E-state index contributed by atoms with van der Waals surface area (Å²) in [5, 5.41) is 7.29. The van der Waals surface area contributed by atoms with Crippen molar-refractivity contribution in [3.8, 4) is 0 Å². The van der Waals surface area contributed by atoms with E-state index >= 15 is 0 Å². The summed E-state index contributed by atoms with van der Waals surface area (Å²) in [4.78, 5) is 27.3. The first-order valence-electron chi connectivity index (χ1n) is 9.50. The van der Waals surface area contributed by atoms with Gasteiger partial charge >= 0.3 is 0 Å². The maximum atomic E-state index is 12.9. The van der Waals surface area contributed by atoms with Crippen LogP contribution in [0, 0.1) is 0 Å². The van der Waals surface area contributed by atoms with Crippen LogP contribution in [0.25, 0.3) is 0 Å². The molecule has 1 aliphatic rings. The molecule has 0 saturated heterocycles. The number of fused-ring (bicyclic) bond motifs is 1. The third-order valence-corrected chi connectivity index (χ3v) is 5.42. The summed E-state index contributed by atoms with van der Waals surface area (Å²) in [5.74, 6) is -0.0699. The van der Waals surface area contributed by atoms with Gasteiger partial charge in [-0.2, -0.15) is 5.10 Å². The maximum absolute atomic E-state index is 12.9. The third kappa shape index (κ3) is 3.89. The summed E-state index contributed by atoms with van der Waals surface area (Å²) in [7, 11) is 0. The van der Waals surface area contributed by atoms with Gasteiger partial charge in [-0.1, -0.05) is 60.1 Å². The molecule has 6 nitrogen and oxygen atoms in total. The Morgan fingerprint density at radius 1 is 1.17 bits per heavy atom. The van der Waals surface area contributed by atoms with E-state index in [4.69, 9.17) is 11.6 Å². The molecule has 2 aromatic carbocycles. The zero-order chi connectivity index (χ0) is 20.4. The highest BCUT2D eigenvalue weighted by Crippen LogP contribution is 2.28. The molecule has 4 rings (SSSR count). The average Bonchev–Trinajstić information content (AvgIpc) is 3.18. The number of nitrogens with one attached hydrogen (secondary N) is 1. The molecular formula is C22H21ClN4O2. The predicted octanol–water partition coefficient (Wildman–Crippen LogP) is 3.33. The van der Waals surface area contributed by atoms with Crippen LogP contribution < -0.4 is 15.8 Å². The van der Waals surface area contributed by atoms with Crippen molar-refractivity contribution >= 4 is 28.9 Å². The number of nitrogens with zero attached hydrogens (tertiary/aromatic N) is 3. The minimum Gasteiger partial charge on any atom is -0.371 e. The number of hydrogen-bond acceptors (Lipinski definition) is 4. The molecule has 1 atom stereocenters. The van der Waals surface area contributed by atoms with Gasteiger partial charge in [0.2, 0.25) is 5.91 Å². The lowest BCUT2D eigenvalue weighted by molar-refractivity contribution is -0.118. The summed E-state index contributed by atoms with van der Waals surface area (Å²) in [5.41, 5.74) is 3.01. The van der Waals surface area contributed by atoms with Crippen LogP contribution in [0.15, 0.2) is 65.6 Å². The first-order valence-corrected chi connectivity index (χ1v) is 9.88. The summed E-state index contributed by atoms with van der Waals surface area (Å²) >= 11 is 6.29. The van der Waals surface area contributed by atoms with Gasteiger partial charge in [0, 0.05) is 12.2 Å². The van der Waals surface area contributed by atoms with E-state index in [1.165, 1.54) is 10.9 Å². The van der Waals surface area contributed by atoms with Gasteiger partial charge in [-0.15, -0.1) is 0 Å².